The van der Waals surface area contributed by atoms with Crippen LogP contribution in [0.4, 0.5) is 5.69 Å². The molecule has 0 bridgehead atoms. The van der Waals surface area contributed by atoms with Crippen molar-refractivity contribution in [1.29, 1.82) is 0 Å². The molecule has 0 aliphatic carbocycles. The van der Waals surface area contributed by atoms with Gasteiger partial charge < -0.3 is 15.0 Å². The third-order valence-corrected chi connectivity index (χ3v) is 4.58. The van der Waals surface area contributed by atoms with Crippen molar-refractivity contribution in [2.24, 2.45) is 0 Å². The lowest BCUT2D eigenvalue weighted by Crippen LogP contribution is -2.49. The maximum atomic E-state index is 12.6. The zero-order valence-corrected chi connectivity index (χ0v) is 13.8. The second kappa shape index (κ2) is 6.43. The monoisotopic (exact) mass is 337 g/mol. The molecule has 0 unspecified atom stereocenters. The maximum Gasteiger partial charge on any atom is 0.314 e. The highest BCUT2D eigenvalue weighted by molar-refractivity contribution is 5.79. The number of pyridine rings is 1. The van der Waals surface area contributed by atoms with Gasteiger partial charge in [0, 0.05) is 31.9 Å². The molecule has 3 heterocycles. The van der Waals surface area contributed by atoms with Gasteiger partial charge in [0.25, 0.3) is 5.91 Å². The number of aromatic nitrogens is 3. The Labute approximate surface area is 145 Å². The van der Waals surface area contributed by atoms with E-state index >= 15 is 0 Å². The third-order valence-electron chi connectivity index (χ3n) is 4.58. The lowest BCUT2D eigenvalue weighted by Gasteiger charge is -2.35. The SMILES string of the molecule is O=C(Cn1ncc2ccc[n+]([O-])c21)N1CCN(c2ccccc2)CC1. The van der Waals surface area contributed by atoms with E-state index in [9.17, 15) is 10.0 Å². The Hall–Kier alpha value is -3.09. The number of para-hydroxylation sites is 1. The molecular weight excluding hydrogens is 318 g/mol. The van der Waals surface area contributed by atoms with Crippen LogP contribution in [0.3, 0.4) is 0 Å². The smallest absolute Gasteiger partial charge is 0.314 e. The molecule has 1 fully saturated rings. The number of carbonyl (C=O) groups excluding carboxylic acids is 1. The van der Waals surface area contributed by atoms with Crippen LogP contribution in [0.1, 0.15) is 0 Å². The maximum absolute atomic E-state index is 12.6. The van der Waals surface area contributed by atoms with Crippen molar-refractivity contribution < 1.29 is 9.52 Å². The molecule has 0 saturated carbocycles. The molecule has 0 N–H and O–H groups in total. The topological polar surface area (TPSA) is 68.3 Å². The number of fused-ring (bicyclic) bond motifs is 1. The average Bonchev–Trinajstić information content (AvgIpc) is 3.07. The molecule has 0 atom stereocenters. The second-order valence-corrected chi connectivity index (χ2v) is 6.12. The van der Waals surface area contributed by atoms with Crippen LogP contribution in [0, 0.1) is 5.21 Å². The summed E-state index contributed by atoms with van der Waals surface area (Å²) in [6.45, 7) is 3.03. The molecule has 0 radical (unpaired) electrons. The minimum Gasteiger partial charge on any atom is -0.711 e. The van der Waals surface area contributed by atoms with Crippen molar-refractivity contribution in [3.05, 3.63) is 60.1 Å². The van der Waals surface area contributed by atoms with E-state index in [1.807, 2.05) is 29.2 Å². The van der Waals surface area contributed by atoms with Crippen molar-refractivity contribution in [1.82, 2.24) is 14.7 Å². The predicted molar refractivity (Wildman–Crippen MR) is 93.9 cm³/mol. The van der Waals surface area contributed by atoms with Crippen molar-refractivity contribution >= 4 is 22.6 Å². The van der Waals surface area contributed by atoms with Gasteiger partial charge in [-0.2, -0.15) is 0 Å². The van der Waals surface area contributed by atoms with Crippen LogP contribution in [0.5, 0.6) is 0 Å². The summed E-state index contributed by atoms with van der Waals surface area (Å²) in [4.78, 5) is 16.7. The summed E-state index contributed by atoms with van der Waals surface area (Å²) in [5.41, 5.74) is 1.60. The van der Waals surface area contributed by atoms with Gasteiger partial charge in [0.15, 0.2) is 6.54 Å². The fourth-order valence-electron chi connectivity index (χ4n) is 3.24. The van der Waals surface area contributed by atoms with Gasteiger partial charge in [-0.15, -0.1) is 4.68 Å². The summed E-state index contributed by atoms with van der Waals surface area (Å²) in [6.07, 6.45) is 3.04. The van der Waals surface area contributed by atoms with Crippen molar-refractivity contribution in [3.63, 3.8) is 0 Å². The molecule has 2 aromatic heterocycles. The Balaban J connectivity index is 1.42. The largest absolute Gasteiger partial charge is 0.711 e. The van der Waals surface area contributed by atoms with E-state index < -0.39 is 0 Å². The highest BCUT2D eigenvalue weighted by Gasteiger charge is 2.24. The minimum absolute atomic E-state index is 0.0124. The summed E-state index contributed by atoms with van der Waals surface area (Å²) in [6, 6.07) is 13.7. The number of anilines is 1. The molecule has 1 amide bonds. The highest BCUT2D eigenvalue weighted by Crippen LogP contribution is 2.16. The van der Waals surface area contributed by atoms with Crippen LogP contribution in [-0.4, -0.2) is 46.8 Å². The van der Waals surface area contributed by atoms with Gasteiger partial charge in [0.2, 0.25) is 0 Å². The van der Waals surface area contributed by atoms with Gasteiger partial charge in [-0.25, -0.2) is 4.73 Å². The van der Waals surface area contributed by atoms with E-state index in [0.717, 1.165) is 23.2 Å². The number of carbonyl (C=O) groups is 1. The number of nitrogens with zero attached hydrogens (tertiary/aromatic N) is 5. The summed E-state index contributed by atoms with van der Waals surface area (Å²) in [5.74, 6) is -0.0124. The average molecular weight is 337 g/mol. The predicted octanol–water partition coefficient (Wildman–Crippen LogP) is 1.02. The molecular formula is C18H19N5O2. The Morgan fingerprint density at radius 1 is 1.08 bits per heavy atom. The molecule has 1 aliphatic rings. The lowest BCUT2D eigenvalue weighted by molar-refractivity contribution is -0.580. The van der Waals surface area contributed by atoms with Crippen LogP contribution in [-0.2, 0) is 11.3 Å². The van der Waals surface area contributed by atoms with Crippen LogP contribution in [0.2, 0.25) is 0 Å². The summed E-state index contributed by atoms with van der Waals surface area (Å²) >= 11 is 0. The summed E-state index contributed by atoms with van der Waals surface area (Å²) < 4.78 is 2.23. The van der Waals surface area contributed by atoms with E-state index in [1.165, 1.54) is 16.6 Å². The minimum atomic E-state index is -0.0124. The van der Waals surface area contributed by atoms with Gasteiger partial charge in [-0.1, -0.05) is 23.3 Å². The Morgan fingerprint density at radius 3 is 2.60 bits per heavy atom. The van der Waals surface area contributed by atoms with Gasteiger partial charge >= 0.3 is 5.65 Å². The van der Waals surface area contributed by atoms with E-state index in [0.29, 0.717) is 18.7 Å². The van der Waals surface area contributed by atoms with Gasteiger partial charge in [-0.05, 0) is 24.3 Å². The van der Waals surface area contributed by atoms with Gasteiger partial charge in [0.05, 0.1) is 17.8 Å². The van der Waals surface area contributed by atoms with E-state index in [-0.39, 0.29) is 12.5 Å². The highest BCUT2D eigenvalue weighted by atomic mass is 16.5. The lowest BCUT2D eigenvalue weighted by atomic mass is 10.2. The molecule has 1 saturated heterocycles. The standard InChI is InChI=1S/C18H19N5O2/c24-17(14-22-18-15(13-19-22)5-4-8-23(18)25)21-11-9-20(10-12-21)16-6-2-1-3-7-16/h1-8,13H,9-12,14H2. The molecule has 3 aromatic rings. The number of rotatable bonds is 3. The normalized spacial score (nSPS) is 14.9. The quantitative estimate of drug-likeness (QED) is 0.529. The molecule has 1 aromatic carbocycles. The van der Waals surface area contributed by atoms with Crippen LogP contribution >= 0.6 is 0 Å². The summed E-state index contributed by atoms with van der Waals surface area (Å²) in [7, 11) is 0. The van der Waals surface area contributed by atoms with Crippen molar-refractivity contribution in [2.45, 2.75) is 6.54 Å². The Bertz CT molecular complexity index is 885. The first-order valence-corrected chi connectivity index (χ1v) is 8.34. The molecule has 128 valence electrons. The number of piperazine rings is 1. The fourth-order valence-corrected chi connectivity index (χ4v) is 3.24. The van der Waals surface area contributed by atoms with Crippen molar-refractivity contribution in [2.75, 3.05) is 31.1 Å². The van der Waals surface area contributed by atoms with E-state index in [1.54, 1.807) is 12.3 Å². The molecule has 25 heavy (non-hydrogen) atoms. The summed E-state index contributed by atoms with van der Waals surface area (Å²) in [5, 5.41) is 16.9. The van der Waals surface area contributed by atoms with E-state index in [2.05, 4.69) is 22.1 Å². The van der Waals surface area contributed by atoms with E-state index in [4.69, 9.17) is 0 Å². The van der Waals surface area contributed by atoms with Crippen LogP contribution in [0.25, 0.3) is 11.0 Å². The van der Waals surface area contributed by atoms with Crippen molar-refractivity contribution in [3.8, 4) is 0 Å². The number of hydrogen-bond donors (Lipinski definition) is 0. The van der Waals surface area contributed by atoms with Gasteiger partial charge in [-0.3, -0.25) is 4.79 Å². The number of hydrogen-bond acceptors (Lipinski definition) is 4. The molecule has 7 nitrogen and oxygen atoms in total. The van der Waals surface area contributed by atoms with Crippen LogP contribution in [0.15, 0.2) is 54.9 Å². The second-order valence-electron chi connectivity index (χ2n) is 6.12. The zero-order chi connectivity index (χ0) is 17.2. The first-order chi connectivity index (χ1) is 12.2. The van der Waals surface area contributed by atoms with Gasteiger partial charge in [0.1, 0.15) is 0 Å². The fraction of sp³-hybridized carbons (Fsp3) is 0.278. The van der Waals surface area contributed by atoms with Crippen LogP contribution < -0.4 is 9.63 Å². The molecule has 4 rings (SSSR count). The number of benzene rings is 1. The molecule has 0 spiro atoms. The first-order valence-electron chi connectivity index (χ1n) is 8.34. The Kier molecular flexibility index (Phi) is 3.97. The molecule has 7 heteroatoms. The Morgan fingerprint density at radius 2 is 1.84 bits per heavy atom. The molecule has 1 aliphatic heterocycles. The zero-order valence-electron chi connectivity index (χ0n) is 13.8. The third kappa shape index (κ3) is 3.00. The first kappa shape index (κ1) is 15.4. The number of amides is 1.